The van der Waals surface area contributed by atoms with Crippen LogP contribution in [-0.2, 0) is 5.41 Å². The molecule has 0 amide bonds. The third-order valence-electron chi connectivity index (χ3n) is 12.6. The average molecular weight is 770 g/mol. The van der Waals surface area contributed by atoms with E-state index in [1.165, 1.54) is 49.3 Å². The van der Waals surface area contributed by atoms with Crippen LogP contribution in [0.1, 0.15) is 25.0 Å². The maximum atomic E-state index is 6.66. The highest BCUT2D eigenvalue weighted by molar-refractivity contribution is 6.19. The Kier molecular flexibility index (Phi) is 7.54. The number of para-hydroxylation sites is 3. The Labute approximate surface area is 348 Å². The maximum absolute atomic E-state index is 6.66. The molecule has 9 aromatic carbocycles. The van der Waals surface area contributed by atoms with Crippen LogP contribution in [-0.4, -0.2) is 9.55 Å². The highest BCUT2D eigenvalue weighted by atomic mass is 16.3. The van der Waals surface area contributed by atoms with E-state index in [0.29, 0.717) is 5.89 Å². The van der Waals surface area contributed by atoms with Gasteiger partial charge < -0.3 is 13.9 Å². The zero-order chi connectivity index (χ0) is 40.0. The van der Waals surface area contributed by atoms with Crippen LogP contribution in [0, 0.1) is 0 Å². The Morgan fingerprint density at radius 3 is 2.05 bits per heavy atom. The number of nitrogens with zero attached hydrogens (tertiary/aromatic N) is 3. The SMILES string of the molecule is CC1(C)c2ccccc2-c2cc(N(c3ccc4c(c3)c3ccc5ccccc5c3n4-c3ccccc3)c3ccccc3-c3cccc4nc(-c5ccccc5)oc34)ccc21. The molecular formula is C56H39N3O. The van der Waals surface area contributed by atoms with Crippen molar-refractivity contribution in [3.8, 4) is 39.4 Å². The summed E-state index contributed by atoms with van der Waals surface area (Å²) in [6.07, 6.45) is 0. The van der Waals surface area contributed by atoms with Gasteiger partial charge in [-0.3, -0.25) is 0 Å². The number of benzene rings is 9. The molecule has 0 saturated carbocycles. The van der Waals surface area contributed by atoms with Gasteiger partial charge in [-0.05, 0) is 94.4 Å². The lowest BCUT2D eigenvalue weighted by atomic mass is 9.82. The summed E-state index contributed by atoms with van der Waals surface area (Å²) in [5.41, 5.74) is 16.4. The zero-order valence-electron chi connectivity index (χ0n) is 33.3. The first kappa shape index (κ1) is 34.4. The number of rotatable bonds is 6. The number of fused-ring (bicyclic) bond motifs is 9. The lowest BCUT2D eigenvalue weighted by Gasteiger charge is -2.29. The molecule has 1 aliphatic rings. The summed E-state index contributed by atoms with van der Waals surface area (Å²) >= 11 is 0. The lowest BCUT2D eigenvalue weighted by molar-refractivity contribution is 0.621. The average Bonchev–Trinajstić information content (AvgIpc) is 3.96. The Bertz CT molecular complexity index is 3470. The fourth-order valence-electron chi connectivity index (χ4n) is 9.79. The maximum Gasteiger partial charge on any atom is 0.227 e. The van der Waals surface area contributed by atoms with Gasteiger partial charge in [0.15, 0.2) is 5.58 Å². The van der Waals surface area contributed by atoms with E-state index in [4.69, 9.17) is 9.40 Å². The molecule has 2 heterocycles. The van der Waals surface area contributed by atoms with E-state index in [1.54, 1.807) is 0 Å². The standard InChI is InChI=1S/C56H39N3O/c1-56(2)48-25-13-11-22-42(48)46-34-39(29-32-49(46)56)58(51-27-14-12-23-43(51)45-24-15-26-50-54(45)60-55(57-50)37-17-5-3-6-18-37)40-30-33-52-47(35-40)44-31-28-36-16-9-10-21-41(36)53(44)59(52)38-19-7-4-8-20-38/h3-35H,1-2H3. The van der Waals surface area contributed by atoms with Crippen LogP contribution in [0.5, 0.6) is 0 Å². The number of oxazole rings is 1. The number of hydrogen-bond acceptors (Lipinski definition) is 3. The predicted octanol–water partition coefficient (Wildman–Crippen LogP) is 15.2. The molecule has 12 rings (SSSR count). The zero-order valence-corrected chi connectivity index (χ0v) is 33.3. The van der Waals surface area contributed by atoms with E-state index in [1.807, 2.05) is 36.4 Å². The molecule has 0 atom stereocenters. The number of anilines is 3. The first-order valence-electron chi connectivity index (χ1n) is 20.6. The van der Waals surface area contributed by atoms with E-state index in [9.17, 15) is 0 Å². The summed E-state index contributed by atoms with van der Waals surface area (Å²) in [5, 5.41) is 4.86. The van der Waals surface area contributed by atoms with Gasteiger partial charge in [0.05, 0.1) is 16.7 Å². The van der Waals surface area contributed by atoms with Gasteiger partial charge in [0.2, 0.25) is 5.89 Å². The second-order valence-corrected chi connectivity index (χ2v) is 16.3. The quantitative estimate of drug-likeness (QED) is 0.169. The fraction of sp³-hybridized carbons (Fsp3) is 0.0536. The van der Waals surface area contributed by atoms with Crippen LogP contribution in [0.15, 0.2) is 205 Å². The van der Waals surface area contributed by atoms with Gasteiger partial charge in [-0.25, -0.2) is 4.98 Å². The Balaban J connectivity index is 1.13. The molecule has 2 aromatic heterocycles. The smallest absolute Gasteiger partial charge is 0.227 e. The molecule has 0 bridgehead atoms. The van der Waals surface area contributed by atoms with Crippen LogP contribution in [0.2, 0.25) is 0 Å². The van der Waals surface area contributed by atoms with Crippen LogP contribution in [0.25, 0.3) is 83.1 Å². The molecule has 0 saturated heterocycles. The molecule has 0 aliphatic heterocycles. The topological polar surface area (TPSA) is 34.2 Å². The van der Waals surface area contributed by atoms with Crippen molar-refractivity contribution in [1.82, 2.24) is 9.55 Å². The minimum atomic E-state index is -0.105. The summed E-state index contributed by atoms with van der Waals surface area (Å²) in [5.74, 6) is 0.611. The van der Waals surface area contributed by atoms with Crippen LogP contribution < -0.4 is 4.90 Å². The van der Waals surface area contributed by atoms with E-state index >= 15 is 0 Å². The second kappa shape index (κ2) is 13.2. The predicted molar refractivity (Wildman–Crippen MR) is 249 cm³/mol. The summed E-state index contributed by atoms with van der Waals surface area (Å²) in [6, 6.07) is 72.0. The molecule has 4 nitrogen and oxygen atoms in total. The first-order valence-corrected chi connectivity index (χ1v) is 20.6. The third-order valence-corrected chi connectivity index (χ3v) is 12.6. The number of hydrogen-bond donors (Lipinski definition) is 0. The summed E-state index contributed by atoms with van der Waals surface area (Å²) in [7, 11) is 0. The van der Waals surface area contributed by atoms with Crippen LogP contribution in [0.4, 0.5) is 17.1 Å². The van der Waals surface area contributed by atoms with E-state index in [2.05, 4.69) is 187 Å². The lowest BCUT2D eigenvalue weighted by Crippen LogP contribution is -2.15. The van der Waals surface area contributed by atoms with Gasteiger partial charge >= 0.3 is 0 Å². The molecule has 11 aromatic rings. The molecule has 0 radical (unpaired) electrons. The normalized spacial score (nSPS) is 13.0. The van der Waals surface area contributed by atoms with E-state index in [0.717, 1.165) is 56.1 Å². The first-order chi connectivity index (χ1) is 29.5. The van der Waals surface area contributed by atoms with Gasteiger partial charge in [-0.1, -0.05) is 147 Å². The van der Waals surface area contributed by atoms with Gasteiger partial charge in [0.25, 0.3) is 0 Å². The number of aromatic nitrogens is 2. The largest absolute Gasteiger partial charge is 0.435 e. The highest BCUT2D eigenvalue weighted by Gasteiger charge is 2.36. The van der Waals surface area contributed by atoms with Crippen molar-refractivity contribution in [2.24, 2.45) is 0 Å². The van der Waals surface area contributed by atoms with Gasteiger partial charge in [0.1, 0.15) is 5.52 Å². The Morgan fingerprint density at radius 2 is 1.18 bits per heavy atom. The fourth-order valence-corrected chi connectivity index (χ4v) is 9.79. The molecular weight excluding hydrogens is 731 g/mol. The van der Waals surface area contributed by atoms with Gasteiger partial charge in [0, 0.05) is 55.3 Å². The molecule has 1 aliphatic carbocycles. The van der Waals surface area contributed by atoms with Crippen molar-refractivity contribution in [2.75, 3.05) is 4.90 Å². The Hall–Kier alpha value is -7.69. The Morgan fingerprint density at radius 1 is 0.500 bits per heavy atom. The molecule has 284 valence electrons. The minimum Gasteiger partial charge on any atom is -0.435 e. The van der Waals surface area contributed by atoms with Gasteiger partial charge in [-0.2, -0.15) is 0 Å². The van der Waals surface area contributed by atoms with Crippen molar-refractivity contribution in [1.29, 1.82) is 0 Å². The molecule has 4 heteroatoms. The molecule has 0 unspecified atom stereocenters. The van der Waals surface area contributed by atoms with Crippen molar-refractivity contribution in [3.63, 3.8) is 0 Å². The highest BCUT2D eigenvalue weighted by Crippen LogP contribution is 2.52. The summed E-state index contributed by atoms with van der Waals surface area (Å²) < 4.78 is 9.09. The summed E-state index contributed by atoms with van der Waals surface area (Å²) in [6.45, 7) is 4.68. The minimum absolute atomic E-state index is 0.105. The molecule has 0 fully saturated rings. The van der Waals surface area contributed by atoms with Crippen molar-refractivity contribution in [2.45, 2.75) is 19.3 Å². The van der Waals surface area contributed by atoms with Crippen molar-refractivity contribution >= 4 is 60.7 Å². The van der Waals surface area contributed by atoms with E-state index in [-0.39, 0.29) is 5.41 Å². The van der Waals surface area contributed by atoms with Crippen LogP contribution in [0.3, 0.4) is 0 Å². The van der Waals surface area contributed by atoms with Gasteiger partial charge in [-0.15, -0.1) is 0 Å². The van der Waals surface area contributed by atoms with Crippen molar-refractivity contribution < 1.29 is 4.42 Å². The molecule has 60 heavy (non-hydrogen) atoms. The van der Waals surface area contributed by atoms with E-state index < -0.39 is 0 Å². The van der Waals surface area contributed by atoms with Crippen molar-refractivity contribution in [3.05, 3.63) is 211 Å². The second-order valence-electron chi connectivity index (χ2n) is 16.3. The molecule has 0 spiro atoms. The molecule has 0 N–H and O–H groups in total. The monoisotopic (exact) mass is 769 g/mol. The summed E-state index contributed by atoms with van der Waals surface area (Å²) in [4.78, 5) is 7.40. The third kappa shape index (κ3) is 5.14. The van der Waals surface area contributed by atoms with Crippen LogP contribution >= 0.6 is 0 Å².